The molecule has 0 saturated carbocycles. The molecule has 0 saturated heterocycles. The smallest absolute Gasteiger partial charge is 0.336 e. The quantitative estimate of drug-likeness (QED) is 0.421. The van der Waals surface area contributed by atoms with Crippen molar-refractivity contribution in [1.29, 1.82) is 0 Å². The molecule has 1 N–H and O–H groups in total. The Morgan fingerprint density at radius 3 is 2.61 bits per heavy atom. The summed E-state index contributed by atoms with van der Waals surface area (Å²) in [6, 6.07) is 5.74. The number of ketones is 1. The number of rotatable bonds is 6. The number of carbonyl (C=O) groups is 3. The molecule has 1 aliphatic carbocycles. The summed E-state index contributed by atoms with van der Waals surface area (Å²) in [5.41, 5.74) is 2.04. The first-order valence-corrected chi connectivity index (χ1v) is 10.0. The van der Waals surface area contributed by atoms with Crippen molar-refractivity contribution in [3.8, 4) is 0 Å². The second kappa shape index (κ2) is 9.43. The predicted octanol–water partition coefficient (Wildman–Crippen LogP) is 2.63. The predicted molar refractivity (Wildman–Crippen MR) is 109 cm³/mol. The highest BCUT2D eigenvalue weighted by Crippen LogP contribution is 2.45. The molecular formula is C23H26FNO6. The van der Waals surface area contributed by atoms with E-state index in [4.69, 9.17) is 14.2 Å². The molecule has 1 aliphatic heterocycles. The van der Waals surface area contributed by atoms with Crippen LogP contribution < -0.4 is 5.32 Å². The van der Waals surface area contributed by atoms with Crippen LogP contribution in [-0.2, 0) is 28.6 Å². The first-order valence-electron chi connectivity index (χ1n) is 10.0. The summed E-state index contributed by atoms with van der Waals surface area (Å²) in [5.74, 6) is -4.34. The van der Waals surface area contributed by atoms with Gasteiger partial charge in [-0.05, 0) is 37.0 Å². The maximum absolute atomic E-state index is 14.1. The van der Waals surface area contributed by atoms with Crippen molar-refractivity contribution in [1.82, 2.24) is 5.32 Å². The molecule has 0 aromatic heterocycles. The highest BCUT2D eigenvalue weighted by Gasteiger charge is 2.47. The average molecular weight is 431 g/mol. The number of esters is 2. The van der Waals surface area contributed by atoms with Gasteiger partial charge in [0.1, 0.15) is 18.3 Å². The molecule has 0 amide bonds. The summed E-state index contributed by atoms with van der Waals surface area (Å²) in [7, 11) is 2.72. The lowest BCUT2D eigenvalue weighted by Gasteiger charge is -2.38. The van der Waals surface area contributed by atoms with Crippen LogP contribution in [-0.4, -0.2) is 45.2 Å². The van der Waals surface area contributed by atoms with Gasteiger partial charge < -0.3 is 19.5 Å². The minimum atomic E-state index is -0.995. The molecule has 0 radical (unpaired) electrons. The maximum Gasteiger partial charge on any atom is 0.336 e. The van der Waals surface area contributed by atoms with Crippen molar-refractivity contribution < 1.29 is 33.0 Å². The lowest BCUT2D eigenvalue weighted by molar-refractivity contribution is -0.151. The van der Waals surface area contributed by atoms with Gasteiger partial charge in [-0.2, -0.15) is 0 Å². The number of dihydropyridines is 1. The van der Waals surface area contributed by atoms with Gasteiger partial charge in [-0.15, -0.1) is 0 Å². The van der Waals surface area contributed by atoms with E-state index in [1.54, 1.807) is 19.9 Å². The van der Waals surface area contributed by atoms with E-state index < -0.39 is 35.4 Å². The molecule has 0 spiro atoms. The van der Waals surface area contributed by atoms with E-state index in [2.05, 4.69) is 5.32 Å². The Balaban J connectivity index is 2.12. The number of ether oxygens (including phenoxy) is 3. The van der Waals surface area contributed by atoms with Crippen LogP contribution >= 0.6 is 0 Å². The van der Waals surface area contributed by atoms with Crippen LogP contribution in [0, 0.1) is 17.7 Å². The molecule has 31 heavy (non-hydrogen) atoms. The van der Waals surface area contributed by atoms with Crippen molar-refractivity contribution >= 4 is 17.7 Å². The van der Waals surface area contributed by atoms with Gasteiger partial charge in [-0.1, -0.05) is 19.1 Å². The van der Waals surface area contributed by atoms with Gasteiger partial charge in [0.2, 0.25) is 0 Å². The molecule has 3 rings (SSSR count). The molecular weight excluding hydrogens is 405 g/mol. The molecule has 1 aromatic carbocycles. The summed E-state index contributed by atoms with van der Waals surface area (Å²) in [5, 5.41) is 3.15. The van der Waals surface area contributed by atoms with Crippen LogP contribution in [0.3, 0.4) is 0 Å². The van der Waals surface area contributed by atoms with E-state index in [1.807, 2.05) is 0 Å². The Morgan fingerprint density at radius 1 is 1.23 bits per heavy atom. The zero-order valence-electron chi connectivity index (χ0n) is 18.0. The monoisotopic (exact) mass is 431 g/mol. The van der Waals surface area contributed by atoms with E-state index >= 15 is 0 Å². The van der Waals surface area contributed by atoms with Gasteiger partial charge in [-0.25, -0.2) is 9.18 Å². The number of benzene rings is 1. The van der Waals surface area contributed by atoms with Gasteiger partial charge in [-0.3, -0.25) is 9.59 Å². The first kappa shape index (κ1) is 22.7. The molecule has 1 heterocycles. The van der Waals surface area contributed by atoms with Crippen molar-refractivity contribution in [3.63, 3.8) is 0 Å². The van der Waals surface area contributed by atoms with Crippen LogP contribution in [0.15, 0.2) is 46.8 Å². The van der Waals surface area contributed by atoms with Crippen LogP contribution in [0.1, 0.15) is 31.7 Å². The van der Waals surface area contributed by atoms with Gasteiger partial charge >= 0.3 is 11.9 Å². The third-order valence-corrected chi connectivity index (χ3v) is 5.67. The fraction of sp³-hybridized carbons (Fsp3) is 0.435. The molecule has 0 bridgehead atoms. The Bertz CT molecular complexity index is 967. The molecule has 0 fully saturated rings. The first-order chi connectivity index (χ1) is 14.8. The number of Topliss-reactive ketones (excluding diaryl/α,β-unsaturated/α-hetero) is 1. The second-order valence-corrected chi connectivity index (χ2v) is 7.72. The van der Waals surface area contributed by atoms with Crippen LogP contribution in [0.25, 0.3) is 0 Å². The normalized spacial score (nSPS) is 23.3. The zero-order chi connectivity index (χ0) is 22.7. The van der Waals surface area contributed by atoms with Crippen molar-refractivity contribution in [2.45, 2.75) is 26.2 Å². The number of allylic oxidation sites excluding steroid dienone is 3. The lowest BCUT2D eigenvalue weighted by atomic mass is 9.69. The van der Waals surface area contributed by atoms with E-state index in [0.717, 1.165) is 0 Å². The number of methoxy groups -OCH3 is 2. The molecule has 8 heteroatoms. The number of carbonyl (C=O) groups excluding carboxylic acids is 3. The van der Waals surface area contributed by atoms with E-state index in [1.165, 1.54) is 32.4 Å². The SMILES string of the molecule is COCCOC(=O)C1=C(C)NC2=C(C(=O)C(C(=O)OC)C(C)C2)C1c1cccc(F)c1. The second-order valence-electron chi connectivity index (χ2n) is 7.72. The Hall–Kier alpha value is -3.00. The largest absolute Gasteiger partial charge is 0.468 e. The summed E-state index contributed by atoms with van der Waals surface area (Å²) in [4.78, 5) is 38.8. The van der Waals surface area contributed by atoms with Crippen molar-refractivity contribution in [2.24, 2.45) is 11.8 Å². The van der Waals surface area contributed by atoms with Gasteiger partial charge in [0.15, 0.2) is 5.78 Å². The lowest BCUT2D eigenvalue weighted by Crippen LogP contribution is -2.43. The van der Waals surface area contributed by atoms with Crippen LogP contribution in [0.2, 0.25) is 0 Å². The molecule has 3 unspecified atom stereocenters. The fourth-order valence-electron chi connectivity index (χ4n) is 4.27. The Kier molecular flexibility index (Phi) is 6.90. The summed E-state index contributed by atoms with van der Waals surface area (Å²) >= 11 is 0. The average Bonchev–Trinajstić information content (AvgIpc) is 2.72. The molecule has 166 valence electrons. The van der Waals surface area contributed by atoms with Crippen molar-refractivity contribution in [2.75, 3.05) is 27.4 Å². The van der Waals surface area contributed by atoms with Crippen LogP contribution in [0.4, 0.5) is 4.39 Å². The summed E-state index contributed by atoms with van der Waals surface area (Å²) in [6.45, 7) is 3.76. The van der Waals surface area contributed by atoms with Gasteiger partial charge in [0.25, 0.3) is 0 Å². The number of nitrogens with one attached hydrogen (secondary N) is 1. The molecule has 3 atom stereocenters. The molecule has 1 aromatic rings. The topological polar surface area (TPSA) is 90.9 Å². The van der Waals surface area contributed by atoms with Crippen molar-refractivity contribution in [3.05, 3.63) is 58.2 Å². The minimum absolute atomic E-state index is 0.0314. The number of halogens is 1. The standard InChI is InChI=1S/C23H26FNO6/c1-12-10-16-20(21(26)17(12)22(27)30-4)19(14-6-5-7-15(24)11-14)18(13(2)25-16)23(28)31-9-8-29-3/h5-7,11-12,17,19,25H,8-10H2,1-4H3. The zero-order valence-corrected chi connectivity index (χ0v) is 18.0. The van der Waals surface area contributed by atoms with Crippen LogP contribution in [0.5, 0.6) is 0 Å². The third kappa shape index (κ3) is 4.39. The minimum Gasteiger partial charge on any atom is -0.468 e. The number of hydrogen-bond donors (Lipinski definition) is 1. The fourth-order valence-corrected chi connectivity index (χ4v) is 4.27. The van der Waals surface area contributed by atoms with E-state index in [9.17, 15) is 18.8 Å². The summed E-state index contributed by atoms with van der Waals surface area (Å²) < 4.78 is 29.2. The maximum atomic E-state index is 14.1. The van der Waals surface area contributed by atoms with Gasteiger partial charge in [0.05, 0.1) is 19.3 Å². The highest BCUT2D eigenvalue weighted by atomic mass is 19.1. The highest BCUT2D eigenvalue weighted by molar-refractivity contribution is 6.12. The third-order valence-electron chi connectivity index (χ3n) is 5.67. The Labute approximate surface area is 180 Å². The summed E-state index contributed by atoms with van der Waals surface area (Å²) in [6.07, 6.45) is 0.413. The number of hydrogen-bond acceptors (Lipinski definition) is 7. The van der Waals surface area contributed by atoms with E-state index in [-0.39, 0.29) is 30.3 Å². The van der Waals surface area contributed by atoms with Gasteiger partial charge in [0, 0.05) is 30.0 Å². The van der Waals surface area contributed by atoms with E-state index in [0.29, 0.717) is 23.4 Å². The molecule has 7 nitrogen and oxygen atoms in total. The Morgan fingerprint density at radius 2 is 1.97 bits per heavy atom. The molecule has 2 aliphatic rings.